The third-order valence-electron chi connectivity index (χ3n) is 3.01. The first kappa shape index (κ1) is 15.1. The summed E-state index contributed by atoms with van der Waals surface area (Å²) in [7, 11) is 0. The number of aromatic hydroxyl groups is 2. The predicted octanol–water partition coefficient (Wildman–Crippen LogP) is 3.69. The van der Waals surface area contributed by atoms with E-state index in [1.54, 1.807) is 19.1 Å². The summed E-state index contributed by atoms with van der Waals surface area (Å²) < 4.78 is 0.716. The van der Waals surface area contributed by atoms with E-state index >= 15 is 0 Å². The van der Waals surface area contributed by atoms with Crippen molar-refractivity contribution in [2.24, 2.45) is 0 Å². The highest BCUT2D eigenvalue weighted by molar-refractivity contribution is 9.10. The van der Waals surface area contributed by atoms with E-state index in [-0.39, 0.29) is 17.2 Å². The van der Waals surface area contributed by atoms with E-state index in [2.05, 4.69) is 21.2 Å². The molecule has 0 bridgehead atoms. The quantitative estimate of drug-likeness (QED) is 0.443. The van der Waals surface area contributed by atoms with E-state index in [4.69, 9.17) is 0 Å². The molecule has 0 unspecified atom stereocenters. The Hall–Kier alpha value is -2.28. The summed E-state index contributed by atoms with van der Waals surface area (Å²) in [5, 5.41) is 32.7. The van der Waals surface area contributed by atoms with Crippen molar-refractivity contribution < 1.29 is 15.1 Å². The molecule has 0 spiro atoms. The Labute approximate surface area is 129 Å². The van der Waals surface area contributed by atoms with E-state index in [9.17, 15) is 20.3 Å². The third-order valence-corrected chi connectivity index (χ3v) is 3.66. The van der Waals surface area contributed by atoms with Gasteiger partial charge in [0.15, 0.2) is 11.5 Å². The van der Waals surface area contributed by atoms with Crippen LogP contribution < -0.4 is 5.32 Å². The molecular formula is C14H13BrN2O4. The number of hydrogen-bond donors (Lipinski definition) is 3. The van der Waals surface area contributed by atoms with Crippen LogP contribution in [-0.2, 0) is 6.54 Å². The van der Waals surface area contributed by atoms with Crippen molar-refractivity contribution >= 4 is 27.3 Å². The second-order valence-corrected chi connectivity index (χ2v) is 5.41. The molecule has 3 N–H and O–H groups in total. The Morgan fingerprint density at radius 2 is 1.95 bits per heavy atom. The van der Waals surface area contributed by atoms with Crippen molar-refractivity contribution in [3.63, 3.8) is 0 Å². The molecule has 0 fully saturated rings. The van der Waals surface area contributed by atoms with Crippen LogP contribution in [0.5, 0.6) is 11.5 Å². The van der Waals surface area contributed by atoms with Gasteiger partial charge in [0.1, 0.15) is 0 Å². The molecule has 0 aromatic heterocycles. The zero-order chi connectivity index (χ0) is 15.6. The van der Waals surface area contributed by atoms with Crippen LogP contribution in [0.3, 0.4) is 0 Å². The number of nitro benzene ring substituents is 1. The van der Waals surface area contributed by atoms with E-state index in [0.717, 1.165) is 5.56 Å². The molecule has 0 aliphatic rings. The number of rotatable bonds is 4. The lowest BCUT2D eigenvalue weighted by Crippen LogP contribution is -2.02. The molecule has 0 aliphatic carbocycles. The summed E-state index contributed by atoms with van der Waals surface area (Å²) in [6.45, 7) is 2.03. The maximum Gasteiger partial charge on any atom is 0.274 e. The molecule has 2 rings (SSSR count). The Kier molecular flexibility index (Phi) is 4.32. The third kappa shape index (κ3) is 3.43. The summed E-state index contributed by atoms with van der Waals surface area (Å²) in [5.74, 6) is -0.394. The lowest BCUT2D eigenvalue weighted by atomic mass is 10.1. The standard InChI is InChI=1S/C14H13BrN2O4/c1-8-4-10(15)11(6-12(8)17(20)21)16-7-9-2-3-13(18)14(19)5-9/h2-6,16,18-19H,7H2,1H3. The number of aryl methyl sites for hydroxylation is 1. The van der Waals surface area contributed by atoms with Crippen LogP contribution in [0.4, 0.5) is 11.4 Å². The first-order valence-corrected chi connectivity index (χ1v) is 6.87. The van der Waals surface area contributed by atoms with Gasteiger partial charge >= 0.3 is 0 Å². The Bertz CT molecular complexity index is 704. The number of nitrogens with one attached hydrogen (secondary N) is 1. The molecule has 110 valence electrons. The molecule has 0 aliphatic heterocycles. The van der Waals surface area contributed by atoms with Gasteiger partial charge in [-0.15, -0.1) is 0 Å². The number of phenolic OH excluding ortho intramolecular Hbond substituents is 2. The van der Waals surface area contributed by atoms with Crippen LogP contribution in [0.1, 0.15) is 11.1 Å². The lowest BCUT2D eigenvalue weighted by molar-refractivity contribution is -0.385. The largest absolute Gasteiger partial charge is 0.504 e. The van der Waals surface area contributed by atoms with E-state index in [1.165, 1.54) is 18.2 Å². The normalized spacial score (nSPS) is 10.4. The first-order chi connectivity index (χ1) is 9.88. The van der Waals surface area contributed by atoms with Crippen LogP contribution in [0.25, 0.3) is 0 Å². The van der Waals surface area contributed by atoms with Gasteiger partial charge in [-0.25, -0.2) is 0 Å². The van der Waals surface area contributed by atoms with Gasteiger partial charge < -0.3 is 15.5 Å². The van der Waals surface area contributed by atoms with Gasteiger partial charge in [-0.1, -0.05) is 6.07 Å². The van der Waals surface area contributed by atoms with E-state index < -0.39 is 4.92 Å². The Balaban J connectivity index is 2.21. The average Bonchev–Trinajstić information content (AvgIpc) is 2.41. The molecule has 0 radical (unpaired) electrons. The number of halogens is 1. The Morgan fingerprint density at radius 3 is 2.57 bits per heavy atom. The summed E-state index contributed by atoms with van der Waals surface area (Å²) in [6.07, 6.45) is 0. The van der Waals surface area contributed by atoms with Crippen molar-refractivity contribution in [3.8, 4) is 11.5 Å². The molecule has 21 heavy (non-hydrogen) atoms. The molecular weight excluding hydrogens is 340 g/mol. The minimum atomic E-state index is -0.431. The number of nitro groups is 1. The van der Waals surface area contributed by atoms with Gasteiger partial charge in [0.25, 0.3) is 5.69 Å². The SMILES string of the molecule is Cc1cc(Br)c(NCc2ccc(O)c(O)c2)cc1[N+](=O)[O-]. The molecule has 2 aromatic rings. The molecule has 0 heterocycles. The minimum absolute atomic E-state index is 0.0363. The van der Waals surface area contributed by atoms with Crippen LogP contribution in [0.2, 0.25) is 0 Å². The fraction of sp³-hybridized carbons (Fsp3) is 0.143. The van der Waals surface area contributed by atoms with Gasteiger partial charge in [0.2, 0.25) is 0 Å². The van der Waals surface area contributed by atoms with Crippen LogP contribution in [0, 0.1) is 17.0 Å². The number of anilines is 1. The van der Waals surface area contributed by atoms with Gasteiger partial charge in [-0.05, 0) is 46.6 Å². The predicted molar refractivity (Wildman–Crippen MR) is 82.6 cm³/mol. The molecule has 0 amide bonds. The van der Waals surface area contributed by atoms with Crippen LogP contribution in [-0.4, -0.2) is 15.1 Å². The second kappa shape index (κ2) is 6.01. The monoisotopic (exact) mass is 352 g/mol. The molecule has 7 heteroatoms. The highest BCUT2D eigenvalue weighted by atomic mass is 79.9. The van der Waals surface area contributed by atoms with Gasteiger partial charge in [-0.2, -0.15) is 0 Å². The van der Waals surface area contributed by atoms with E-state index in [0.29, 0.717) is 22.3 Å². The topological polar surface area (TPSA) is 95.6 Å². The van der Waals surface area contributed by atoms with E-state index in [1.807, 2.05) is 0 Å². The van der Waals surface area contributed by atoms with Crippen LogP contribution in [0.15, 0.2) is 34.8 Å². The second-order valence-electron chi connectivity index (χ2n) is 4.55. The summed E-state index contributed by atoms with van der Waals surface area (Å²) >= 11 is 3.36. The Morgan fingerprint density at radius 1 is 1.24 bits per heavy atom. The number of benzene rings is 2. The first-order valence-electron chi connectivity index (χ1n) is 6.07. The highest BCUT2D eigenvalue weighted by Crippen LogP contribution is 2.31. The van der Waals surface area contributed by atoms with Gasteiger partial charge in [0.05, 0.1) is 10.6 Å². The zero-order valence-corrected chi connectivity index (χ0v) is 12.7. The van der Waals surface area contributed by atoms with Crippen molar-refractivity contribution in [1.29, 1.82) is 0 Å². The lowest BCUT2D eigenvalue weighted by Gasteiger charge is -2.10. The molecule has 6 nitrogen and oxygen atoms in total. The fourth-order valence-electron chi connectivity index (χ4n) is 1.87. The van der Waals surface area contributed by atoms with Crippen LogP contribution >= 0.6 is 15.9 Å². The van der Waals surface area contributed by atoms with Crippen molar-refractivity contribution in [1.82, 2.24) is 0 Å². The minimum Gasteiger partial charge on any atom is -0.504 e. The number of hydrogen-bond acceptors (Lipinski definition) is 5. The van der Waals surface area contributed by atoms with Gasteiger partial charge in [-0.3, -0.25) is 10.1 Å². The fourth-order valence-corrected chi connectivity index (χ4v) is 2.47. The van der Waals surface area contributed by atoms with Crippen molar-refractivity contribution in [2.75, 3.05) is 5.32 Å². The van der Waals surface area contributed by atoms with Crippen molar-refractivity contribution in [3.05, 3.63) is 56.0 Å². The molecule has 0 saturated carbocycles. The number of phenols is 2. The summed E-state index contributed by atoms with van der Waals surface area (Å²) in [5.41, 5.74) is 1.93. The maximum atomic E-state index is 10.9. The van der Waals surface area contributed by atoms with Gasteiger partial charge in [0, 0.05) is 22.6 Å². The zero-order valence-electron chi connectivity index (χ0n) is 11.1. The smallest absolute Gasteiger partial charge is 0.274 e. The summed E-state index contributed by atoms with van der Waals surface area (Å²) in [4.78, 5) is 10.5. The summed E-state index contributed by atoms with van der Waals surface area (Å²) in [6, 6.07) is 7.60. The molecule has 0 saturated heterocycles. The highest BCUT2D eigenvalue weighted by Gasteiger charge is 2.14. The average molecular weight is 353 g/mol. The molecule has 0 atom stereocenters. The maximum absolute atomic E-state index is 10.9. The number of nitrogens with zero attached hydrogens (tertiary/aromatic N) is 1. The molecule has 2 aromatic carbocycles. The van der Waals surface area contributed by atoms with Crippen molar-refractivity contribution in [2.45, 2.75) is 13.5 Å².